The molecule has 9 heteroatoms. The zero-order valence-corrected chi connectivity index (χ0v) is 23.2. The number of benzene rings is 1. The zero-order chi connectivity index (χ0) is 25.5. The highest BCUT2D eigenvalue weighted by molar-refractivity contribution is 9.09. The van der Waals surface area contributed by atoms with Crippen molar-refractivity contribution in [3.8, 4) is 0 Å². The van der Waals surface area contributed by atoms with Crippen LogP contribution in [0.1, 0.15) is 46.1 Å². The quantitative estimate of drug-likeness (QED) is 0.420. The molecule has 7 atom stereocenters. The first kappa shape index (κ1) is 26.5. The highest BCUT2D eigenvalue weighted by atomic mass is 79.9. The number of hydrogen-bond donors (Lipinski definition) is 3. The standard InChI is InChI=1S/C26H36BrN3O4S/c1-5-11-28-22(32)18-19-24(34)30(16(14-31)12-15-9-7-6-8-10-15)21(23(33)29-25(2,3)4)26(19)13-17(27)20(18)35-26/h6-10,16-21,31H,5,11-14H2,1-4H3,(H,28,32)(H,29,33)/t16-,17?,18+,19+,20+,21?,26?/m1/s1. The van der Waals surface area contributed by atoms with Crippen molar-refractivity contribution >= 4 is 45.4 Å². The molecule has 3 saturated heterocycles. The first-order chi connectivity index (χ1) is 16.5. The smallest absolute Gasteiger partial charge is 0.244 e. The molecule has 3 N–H and O–H groups in total. The summed E-state index contributed by atoms with van der Waals surface area (Å²) in [7, 11) is 0. The molecule has 1 aromatic carbocycles. The van der Waals surface area contributed by atoms with Crippen LogP contribution in [0.2, 0.25) is 0 Å². The van der Waals surface area contributed by atoms with Crippen LogP contribution in [-0.4, -0.2) is 73.3 Å². The van der Waals surface area contributed by atoms with Crippen LogP contribution in [-0.2, 0) is 20.8 Å². The minimum Gasteiger partial charge on any atom is -0.394 e. The van der Waals surface area contributed by atoms with Gasteiger partial charge in [0.1, 0.15) is 6.04 Å². The average molecular weight is 567 g/mol. The Bertz CT molecular complexity index is 971. The lowest BCUT2D eigenvalue weighted by Crippen LogP contribution is -2.59. The predicted octanol–water partition coefficient (Wildman–Crippen LogP) is 2.50. The van der Waals surface area contributed by atoms with Crippen LogP contribution < -0.4 is 10.6 Å². The van der Waals surface area contributed by atoms with E-state index in [1.54, 1.807) is 16.7 Å². The summed E-state index contributed by atoms with van der Waals surface area (Å²) in [6.07, 6.45) is 1.87. The third-order valence-corrected chi connectivity index (χ3v) is 10.5. The molecule has 1 spiro atoms. The number of nitrogens with one attached hydrogen (secondary N) is 2. The van der Waals surface area contributed by atoms with E-state index in [2.05, 4.69) is 26.6 Å². The van der Waals surface area contributed by atoms with Crippen molar-refractivity contribution in [3.63, 3.8) is 0 Å². The zero-order valence-electron chi connectivity index (χ0n) is 20.8. The minimum absolute atomic E-state index is 0.0283. The van der Waals surface area contributed by atoms with Crippen molar-refractivity contribution in [2.24, 2.45) is 11.8 Å². The first-order valence-electron chi connectivity index (χ1n) is 12.4. The molecule has 3 aliphatic heterocycles. The number of hydrogen-bond acceptors (Lipinski definition) is 5. The van der Waals surface area contributed by atoms with Gasteiger partial charge in [-0.25, -0.2) is 0 Å². The summed E-state index contributed by atoms with van der Waals surface area (Å²) in [5.74, 6) is -1.64. The maximum atomic E-state index is 14.2. The van der Waals surface area contributed by atoms with Gasteiger partial charge in [-0.15, -0.1) is 11.8 Å². The Kier molecular flexibility index (Phi) is 7.61. The summed E-state index contributed by atoms with van der Waals surface area (Å²) in [5.41, 5.74) is 0.498. The fraction of sp³-hybridized carbons (Fsp3) is 0.654. The molecule has 2 bridgehead atoms. The molecular formula is C26H36BrN3O4S. The first-order valence-corrected chi connectivity index (χ1v) is 14.2. The van der Waals surface area contributed by atoms with Crippen molar-refractivity contribution in [2.75, 3.05) is 13.2 Å². The summed E-state index contributed by atoms with van der Waals surface area (Å²) >= 11 is 5.40. The van der Waals surface area contributed by atoms with Crippen LogP contribution in [0.3, 0.4) is 0 Å². The Balaban J connectivity index is 1.76. The van der Waals surface area contributed by atoms with Crippen molar-refractivity contribution in [3.05, 3.63) is 35.9 Å². The lowest BCUT2D eigenvalue weighted by Gasteiger charge is -2.39. The number of thioether (sulfide) groups is 1. The van der Waals surface area contributed by atoms with Gasteiger partial charge in [0.15, 0.2) is 0 Å². The number of halogens is 1. The van der Waals surface area contributed by atoms with Gasteiger partial charge in [0.05, 0.1) is 29.2 Å². The Hall–Kier alpha value is -1.58. The molecule has 3 heterocycles. The van der Waals surface area contributed by atoms with Crippen LogP contribution in [0.4, 0.5) is 0 Å². The van der Waals surface area contributed by atoms with Gasteiger partial charge in [-0.05, 0) is 45.6 Å². The second-order valence-corrected chi connectivity index (χ2v) is 13.7. The fourth-order valence-corrected chi connectivity index (χ4v) is 9.60. The van der Waals surface area contributed by atoms with Gasteiger partial charge in [-0.2, -0.15) is 0 Å². The molecule has 192 valence electrons. The van der Waals surface area contributed by atoms with Gasteiger partial charge < -0.3 is 20.6 Å². The van der Waals surface area contributed by atoms with E-state index < -0.39 is 34.2 Å². The molecule has 0 aromatic heterocycles. The van der Waals surface area contributed by atoms with Gasteiger partial charge in [-0.1, -0.05) is 53.2 Å². The molecule has 3 fully saturated rings. The largest absolute Gasteiger partial charge is 0.394 e. The van der Waals surface area contributed by atoms with Crippen molar-refractivity contribution in [2.45, 2.75) is 79.4 Å². The van der Waals surface area contributed by atoms with E-state index >= 15 is 0 Å². The van der Waals surface area contributed by atoms with Crippen LogP contribution in [0.15, 0.2) is 30.3 Å². The second-order valence-electron chi connectivity index (χ2n) is 11.0. The Labute approximate surface area is 220 Å². The minimum atomic E-state index is -0.765. The van der Waals surface area contributed by atoms with Gasteiger partial charge >= 0.3 is 0 Å². The molecule has 3 unspecified atom stereocenters. The lowest BCUT2D eigenvalue weighted by molar-refractivity contribution is -0.143. The number of alkyl halides is 1. The second kappa shape index (κ2) is 10.1. The number of rotatable bonds is 8. The Morgan fingerprint density at radius 3 is 2.54 bits per heavy atom. The average Bonchev–Trinajstić information content (AvgIpc) is 3.38. The van der Waals surface area contributed by atoms with E-state index in [4.69, 9.17) is 0 Å². The maximum Gasteiger partial charge on any atom is 0.244 e. The molecule has 0 radical (unpaired) electrons. The topological polar surface area (TPSA) is 98.7 Å². The summed E-state index contributed by atoms with van der Waals surface area (Å²) in [6.45, 7) is 8.04. The molecule has 3 amide bonds. The van der Waals surface area contributed by atoms with E-state index in [1.807, 2.05) is 58.0 Å². The molecule has 0 aliphatic carbocycles. The summed E-state index contributed by atoms with van der Waals surface area (Å²) in [5, 5.41) is 16.5. The highest BCUT2D eigenvalue weighted by Crippen LogP contribution is 2.68. The van der Waals surface area contributed by atoms with Crippen LogP contribution in [0.25, 0.3) is 0 Å². The number of aliphatic hydroxyl groups excluding tert-OH is 1. The van der Waals surface area contributed by atoms with Crippen LogP contribution in [0, 0.1) is 11.8 Å². The number of carbonyl (C=O) groups excluding carboxylic acids is 3. The molecular weight excluding hydrogens is 530 g/mol. The molecule has 3 aliphatic rings. The van der Waals surface area contributed by atoms with Crippen molar-refractivity contribution in [1.29, 1.82) is 0 Å². The van der Waals surface area contributed by atoms with E-state index in [1.165, 1.54) is 0 Å². The normalized spacial score (nSPS) is 32.5. The van der Waals surface area contributed by atoms with Gasteiger partial charge in [0.2, 0.25) is 17.7 Å². The number of fused-ring (bicyclic) bond motifs is 1. The van der Waals surface area contributed by atoms with Crippen LogP contribution >= 0.6 is 27.7 Å². The van der Waals surface area contributed by atoms with Gasteiger partial charge in [0, 0.05) is 22.2 Å². The fourth-order valence-electron chi connectivity index (χ4n) is 6.00. The van der Waals surface area contributed by atoms with E-state index in [0.29, 0.717) is 19.4 Å². The van der Waals surface area contributed by atoms with Gasteiger partial charge in [0.25, 0.3) is 0 Å². The monoisotopic (exact) mass is 565 g/mol. The maximum absolute atomic E-state index is 14.2. The molecule has 7 nitrogen and oxygen atoms in total. The SMILES string of the molecule is CCCNC(=O)[C@H]1[C@H]2C(=O)N([C@@H](CO)Cc3ccccc3)C(C(=O)NC(C)(C)C)C23CC(Br)[C@@H]1S3. The molecule has 35 heavy (non-hydrogen) atoms. The van der Waals surface area contributed by atoms with E-state index in [-0.39, 0.29) is 34.4 Å². The Morgan fingerprint density at radius 2 is 1.94 bits per heavy atom. The number of nitrogens with zero attached hydrogens (tertiary/aromatic N) is 1. The molecule has 1 aromatic rings. The molecule has 0 saturated carbocycles. The number of aliphatic hydroxyl groups is 1. The number of amides is 3. The lowest BCUT2D eigenvalue weighted by atomic mass is 9.70. The number of likely N-dealkylation sites (tertiary alicyclic amines) is 1. The van der Waals surface area contributed by atoms with E-state index in [0.717, 1.165) is 12.0 Å². The summed E-state index contributed by atoms with van der Waals surface area (Å²) in [4.78, 5) is 43.0. The van der Waals surface area contributed by atoms with Crippen molar-refractivity contribution < 1.29 is 19.5 Å². The Morgan fingerprint density at radius 1 is 1.26 bits per heavy atom. The van der Waals surface area contributed by atoms with Crippen molar-refractivity contribution in [1.82, 2.24) is 15.5 Å². The highest BCUT2D eigenvalue weighted by Gasteiger charge is 2.76. The third kappa shape index (κ3) is 4.76. The van der Waals surface area contributed by atoms with Crippen LogP contribution in [0.5, 0.6) is 0 Å². The van der Waals surface area contributed by atoms with Gasteiger partial charge in [-0.3, -0.25) is 14.4 Å². The van der Waals surface area contributed by atoms with E-state index in [9.17, 15) is 19.5 Å². The summed E-state index contributed by atoms with van der Waals surface area (Å²) in [6, 6.07) is 8.37. The predicted molar refractivity (Wildman–Crippen MR) is 141 cm³/mol. The molecule has 4 rings (SSSR count). The third-order valence-electron chi connectivity index (χ3n) is 7.24. The number of carbonyl (C=O) groups is 3. The summed E-state index contributed by atoms with van der Waals surface area (Å²) < 4.78 is -0.719.